The smallest absolute Gasteiger partial charge is 0.0620 e. The molecule has 19 heavy (non-hydrogen) atoms. The highest BCUT2D eigenvalue weighted by molar-refractivity contribution is 4.78. The van der Waals surface area contributed by atoms with Crippen LogP contribution in [0.3, 0.4) is 0 Å². The van der Waals surface area contributed by atoms with Crippen molar-refractivity contribution in [1.29, 1.82) is 0 Å². The zero-order chi connectivity index (χ0) is 13.5. The van der Waals surface area contributed by atoms with E-state index in [1.807, 2.05) is 0 Å². The first kappa shape index (κ1) is 15.2. The standard InChI is InChI=1S/C15H31N3O/c1-13(11-14-12-19-10-8-17-14)16-7-9-18(2)15-5-3-4-6-15/h13-17H,3-12H2,1-2H3. The Morgan fingerprint density at radius 2 is 2.16 bits per heavy atom. The van der Waals surface area contributed by atoms with Crippen molar-refractivity contribution in [3.63, 3.8) is 0 Å². The lowest BCUT2D eigenvalue weighted by atomic mass is 10.1. The van der Waals surface area contributed by atoms with E-state index >= 15 is 0 Å². The number of hydrogen-bond donors (Lipinski definition) is 2. The van der Waals surface area contributed by atoms with Gasteiger partial charge in [0.25, 0.3) is 0 Å². The van der Waals surface area contributed by atoms with Gasteiger partial charge in [-0.05, 0) is 33.2 Å². The second kappa shape index (κ2) is 8.20. The van der Waals surface area contributed by atoms with E-state index in [4.69, 9.17) is 4.74 Å². The number of likely N-dealkylation sites (N-methyl/N-ethyl adjacent to an activating group) is 1. The monoisotopic (exact) mass is 269 g/mol. The normalized spacial score (nSPS) is 27.0. The van der Waals surface area contributed by atoms with Gasteiger partial charge in [-0.1, -0.05) is 12.8 Å². The third-order valence-electron chi connectivity index (χ3n) is 4.54. The summed E-state index contributed by atoms with van der Waals surface area (Å²) >= 11 is 0. The molecule has 0 amide bonds. The molecule has 1 heterocycles. The van der Waals surface area contributed by atoms with Gasteiger partial charge in [0.15, 0.2) is 0 Å². The van der Waals surface area contributed by atoms with Gasteiger partial charge in [-0.15, -0.1) is 0 Å². The highest BCUT2D eigenvalue weighted by atomic mass is 16.5. The van der Waals surface area contributed by atoms with Gasteiger partial charge in [-0.3, -0.25) is 0 Å². The van der Waals surface area contributed by atoms with Crippen molar-refractivity contribution in [1.82, 2.24) is 15.5 Å². The molecule has 0 bridgehead atoms. The van der Waals surface area contributed by atoms with Crippen LogP contribution in [0.5, 0.6) is 0 Å². The summed E-state index contributed by atoms with van der Waals surface area (Å²) in [5.41, 5.74) is 0. The Bertz CT molecular complexity index is 238. The van der Waals surface area contributed by atoms with Gasteiger partial charge in [0.1, 0.15) is 0 Å². The molecule has 1 saturated heterocycles. The lowest BCUT2D eigenvalue weighted by molar-refractivity contribution is 0.0711. The predicted molar refractivity (Wildman–Crippen MR) is 79.6 cm³/mol. The van der Waals surface area contributed by atoms with Crippen LogP contribution in [0.2, 0.25) is 0 Å². The van der Waals surface area contributed by atoms with Crippen LogP contribution in [-0.4, -0.2) is 62.9 Å². The number of nitrogens with one attached hydrogen (secondary N) is 2. The van der Waals surface area contributed by atoms with E-state index < -0.39 is 0 Å². The zero-order valence-electron chi connectivity index (χ0n) is 12.7. The SMILES string of the molecule is CC(CC1COCCN1)NCCN(C)C1CCCC1. The summed E-state index contributed by atoms with van der Waals surface area (Å²) in [5.74, 6) is 0. The van der Waals surface area contributed by atoms with E-state index in [1.54, 1.807) is 0 Å². The van der Waals surface area contributed by atoms with E-state index in [0.717, 1.165) is 38.8 Å². The third kappa shape index (κ3) is 5.38. The molecule has 2 rings (SSSR count). The maximum atomic E-state index is 5.49. The minimum atomic E-state index is 0.531. The van der Waals surface area contributed by atoms with Gasteiger partial charge >= 0.3 is 0 Å². The van der Waals surface area contributed by atoms with Crippen LogP contribution in [0.15, 0.2) is 0 Å². The summed E-state index contributed by atoms with van der Waals surface area (Å²) < 4.78 is 5.49. The summed E-state index contributed by atoms with van der Waals surface area (Å²) in [4.78, 5) is 2.54. The quantitative estimate of drug-likeness (QED) is 0.728. The Balaban J connectivity index is 1.54. The molecule has 0 radical (unpaired) electrons. The van der Waals surface area contributed by atoms with E-state index in [0.29, 0.717) is 12.1 Å². The fourth-order valence-corrected chi connectivity index (χ4v) is 3.30. The van der Waals surface area contributed by atoms with Gasteiger partial charge in [-0.25, -0.2) is 0 Å². The minimum Gasteiger partial charge on any atom is -0.379 e. The Labute approximate surface area is 118 Å². The van der Waals surface area contributed by atoms with Crippen molar-refractivity contribution >= 4 is 0 Å². The number of nitrogens with zero attached hydrogens (tertiary/aromatic N) is 1. The first-order valence-corrected chi connectivity index (χ1v) is 8.00. The average Bonchev–Trinajstić information content (AvgIpc) is 2.93. The lowest BCUT2D eigenvalue weighted by Gasteiger charge is -2.28. The van der Waals surface area contributed by atoms with E-state index in [-0.39, 0.29) is 0 Å². The van der Waals surface area contributed by atoms with Crippen molar-refractivity contribution in [3.8, 4) is 0 Å². The maximum absolute atomic E-state index is 5.49. The third-order valence-corrected chi connectivity index (χ3v) is 4.54. The Morgan fingerprint density at radius 3 is 2.84 bits per heavy atom. The molecule has 4 nitrogen and oxygen atoms in total. The second-order valence-corrected chi connectivity index (χ2v) is 6.24. The van der Waals surface area contributed by atoms with Gasteiger partial charge in [0, 0.05) is 37.8 Å². The van der Waals surface area contributed by atoms with Crippen LogP contribution >= 0.6 is 0 Å². The molecular formula is C15H31N3O. The van der Waals surface area contributed by atoms with E-state index in [1.165, 1.54) is 32.2 Å². The largest absolute Gasteiger partial charge is 0.379 e. The average molecular weight is 269 g/mol. The molecule has 1 aliphatic carbocycles. The van der Waals surface area contributed by atoms with Crippen molar-refractivity contribution < 1.29 is 4.74 Å². The molecule has 1 saturated carbocycles. The summed E-state index contributed by atoms with van der Waals surface area (Å²) in [5, 5.41) is 7.17. The molecule has 2 aliphatic rings. The lowest BCUT2D eigenvalue weighted by Crippen LogP contribution is -2.46. The fraction of sp³-hybridized carbons (Fsp3) is 1.00. The van der Waals surface area contributed by atoms with Crippen molar-refractivity contribution in [2.24, 2.45) is 0 Å². The molecule has 112 valence electrons. The Hall–Kier alpha value is -0.160. The summed E-state index contributed by atoms with van der Waals surface area (Å²) in [7, 11) is 2.28. The number of rotatable bonds is 7. The topological polar surface area (TPSA) is 36.5 Å². The molecule has 1 aliphatic heterocycles. The van der Waals surface area contributed by atoms with Gasteiger partial charge in [0.05, 0.1) is 13.2 Å². The Morgan fingerprint density at radius 1 is 1.37 bits per heavy atom. The first-order chi connectivity index (χ1) is 9.25. The van der Waals surface area contributed by atoms with Crippen LogP contribution in [-0.2, 0) is 4.74 Å². The number of ether oxygens (including phenoxy) is 1. The van der Waals surface area contributed by atoms with Crippen molar-refractivity contribution in [2.75, 3.05) is 39.9 Å². The molecule has 0 aromatic carbocycles. The van der Waals surface area contributed by atoms with Gasteiger partial charge in [0.2, 0.25) is 0 Å². The zero-order valence-corrected chi connectivity index (χ0v) is 12.7. The molecule has 0 aromatic rings. The van der Waals surface area contributed by atoms with E-state index in [2.05, 4.69) is 29.5 Å². The van der Waals surface area contributed by atoms with Crippen LogP contribution in [0.25, 0.3) is 0 Å². The number of morpholine rings is 1. The highest BCUT2D eigenvalue weighted by Crippen LogP contribution is 2.21. The maximum Gasteiger partial charge on any atom is 0.0620 e. The van der Waals surface area contributed by atoms with E-state index in [9.17, 15) is 0 Å². The van der Waals surface area contributed by atoms with Crippen LogP contribution in [0.4, 0.5) is 0 Å². The fourth-order valence-electron chi connectivity index (χ4n) is 3.30. The van der Waals surface area contributed by atoms with Gasteiger partial charge < -0.3 is 20.3 Å². The molecule has 2 N–H and O–H groups in total. The Kier molecular flexibility index (Phi) is 6.57. The highest BCUT2D eigenvalue weighted by Gasteiger charge is 2.19. The van der Waals surface area contributed by atoms with Crippen LogP contribution < -0.4 is 10.6 Å². The van der Waals surface area contributed by atoms with Crippen molar-refractivity contribution in [2.45, 2.75) is 57.2 Å². The van der Waals surface area contributed by atoms with Crippen molar-refractivity contribution in [3.05, 3.63) is 0 Å². The molecule has 0 spiro atoms. The summed E-state index contributed by atoms with van der Waals surface area (Å²) in [6, 6.07) is 1.94. The summed E-state index contributed by atoms with van der Waals surface area (Å²) in [6.07, 6.45) is 6.80. The number of hydrogen-bond acceptors (Lipinski definition) is 4. The molecule has 2 atom stereocenters. The molecule has 2 unspecified atom stereocenters. The summed E-state index contributed by atoms with van der Waals surface area (Å²) in [6.45, 7) is 7.29. The predicted octanol–water partition coefficient (Wildman–Crippen LogP) is 1.22. The molecule has 4 heteroatoms. The molecular weight excluding hydrogens is 238 g/mol. The van der Waals surface area contributed by atoms with Crippen LogP contribution in [0.1, 0.15) is 39.0 Å². The molecule has 0 aromatic heterocycles. The van der Waals surface area contributed by atoms with Gasteiger partial charge in [-0.2, -0.15) is 0 Å². The minimum absolute atomic E-state index is 0.531. The second-order valence-electron chi connectivity index (χ2n) is 6.24. The molecule has 2 fully saturated rings. The first-order valence-electron chi connectivity index (χ1n) is 8.00. The van der Waals surface area contributed by atoms with Crippen LogP contribution in [0, 0.1) is 0 Å².